The number of carbonyl (C=O) groups excluding carboxylic acids is 1. The Morgan fingerprint density at radius 1 is 0.946 bits per heavy atom. The van der Waals surface area contributed by atoms with E-state index >= 15 is 0 Å². The van der Waals surface area contributed by atoms with E-state index in [1.807, 2.05) is 19.9 Å². The minimum Gasteiger partial charge on any atom is -0.348 e. The van der Waals surface area contributed by atoms with Crippen LogP contribution in [0.4, 0.5) is 4.39 Å². The lowest BCUT2D eigenvalue weighted by molar-refractivity contribution is 0.0925. The van der Waals surface area contributed by atoms with E-state index < -0.39 is 0 Å². The van der Waals surface area contributed by atoms with Crippen molar-refractivity contribution in [1.29, 1.82) is 0 Å². The number of benzene rings is 1. The Hall–Kier alpha value is -2.81. The van der Waals surface area contributed by atoms with E-state index in [4.69, 9.17) is 0 Å². The molecule has 1 amide bonds. The molecule has 0 aliphatic heterocycles. The number of thioether (sulfide) groups is 1. The summed E-state index contributed by atoms with van der Waals surface area (Å²) in [5.41, 5.74) is 3.37. The molecule has 1 fully saturated rings. The van der Waals surface area contributed by atoms with Crippen molar-refractivity contribution in [2.45, 2.75) is 101 Å². The topological polar surface area (TPSA) is 85.6 Å². The summed E-state index contributed by atoms with van der Waals surface area (Å²) in [6, 6.07) is 8.10. The minimum atomic E-state index is -0.330. The summed E-state index contributed by atoms with van der Waals surface area (Å²) < 4.78 is 15.2. The molecule has 2 heterocycles. The van der Waals surface area contributed by atoms with Gasteiger partial charge in [-0.15, -0.1) is 5.10 Å². The van der Waals surface area contributed by atoms with Crippen LogP contribution in [0.1, 0.15) is 98.2 Å². The molecule has 0 spiro atoms. The number of hydrogen-bond acceptors (Lipinski definition) is 6. The van der Waals surface area contributed by atoms with Gasteiger partial charge in [0.25, 0.3) is 5.91 Å². The van der Waals surface area contributed by atoms with Crippen LogP contribution in [0.3, 0.4) is 0 Å². The zero-order chi connectivity index (χ0) is 26.0. The molecule has 2 aromatic heterocycles. The van der Waals surface area contributed by atoms with E-state index in [9.17, 15) is 9.18 Å². The van der Waals surface area contributed by atoms with Gasteiger partial charge in [-0.2, -0.15) is 0 Å². The third-order valence-corrected chi connectivity index (χ3v) is 7.65. The van der Waals surface area contributed by atoms with Crippen LogP contribution in [0.15, 0.2) is 35.5 Å². The van der Waals surface area contributed by atoms with Gasteiger partial charge in [0, 0.05) is 23.2 Å². The van der Waals surface area contributed by atoms with Gasteiger partial charge >= 0.3 is 0 Å². The summed E-state index contributed by atoms with van der Waals surface area (Å²) in [6.07, 6.45) is 13.2. The van der Waals surface area contributed by atoms with Crippen LogP contribution in [0, 0.1) is 19.7 Å². The lowest BCUT2D eigenvalue weighted by atomic mass is 9.98. The molecule has 1 aromatic carbocycles. The van der Waals surface area contributed by atoms with E-state index in [1.54, 1.807) is 16.8 Å². The molecule has 0 bridgehead atoms. The molecule has 1 N–H and O–H groups in total. The Balaban J connectivity index is 1.54. The van der Waals surface area contributed by atoms with Gasteiger partial charge < -0.3 is 5.32 Å². The standard InChI is InChI=1S/C28H37FN6OS/c1-20-18-21(2)31-28(30-20)37-19-25-26(33-34-35(25)24-16-14-22(29)15-17-24)27(36)32-23-12-10-8-6-4-3-5-7-9-11-13-23/h14-18,23H,3-13,19H2,1-2H3,(H,32,36). The average Bonchev–Trinajstić information content (AvgIpc) is 3.28. The van der Waals surface area contributed by atoms with Gasteiger partial charge in [-0.25, -0.2) is 19.0 Å². The van der Waals surface area contributed by atoms with Gasteiger partial charge in [-0.3, -0.25) is 4.79 Å². The van der Waals surface area contributed by atoms with E-state index in [2.05, 4.69) is 25.6 Å². The van der Waals surface area contributed by atoms with E-state index in [0.717, 1.165) is 37.1 Å². The van der Waals surface area contributed by atoms with Crippen LogP contribution in [0.2, 0.25) is 0 Å². The molecule has 7 nitrogen and oxygen atoms in total. The highest BCUT2D eigenvalue weighted by atomic mass is 32.2. The van der Waals surface area contributed by atoms with Gasteiger partial charge in [-0.05, 0) is 57.0 Å². The lowest BCUT2D eigenvalue weighted by Gasteiger charge is -2.19. The van der Waals surface area contributed by atoms with E-state index in [-0.39, 0.29) is 17.8 Å². The molecule has 9 heteroatoms. The summed E-state index contributed by atoms with van der Waals surface area (Å²) in [5, 5.41) is 12.5. The van der Waals surface area contributed by atoms with Gasteiger partial charge in [0.2, 0.25) is 0 Å². The highest BCUT2D eigenvalue weighted by Gasteiger charge is 2.23. The number of hydrogen-bond donors (Lipinski definition) is 1. The Bertz CT molecular complexity index is 1130. The van der Waals surface area contributed by atoms with Crippen molar-refractivity contribution in [3.05, 3.63) is 58.9 Å². The maximum absolute atomic E-state index is 13.6. The molecule has 0 saturated heterocycles. The zero-order valence-corrected chi connectivity index (χ0v) is 22.7. The number of carbonyl (C=O) groups is 1. The predicted octanol–water partition coefficient (Wildman–Crippen LogP) is 6.51. The highest BCUT2D eigenvalue weighted by molar-refractivity contribution is 7.98. The number of nitrogens with zero attached hydrogens (tertiary/aromatic N) is 5. The lowest BCUT2D eigenvalue weighted by Crippen LogP contribution is -2.35. The maximum atomic E-state index is 13.6. The molecule has 1 aliphatic rings. The van der Waals surface area contributed by atoms with Crippen molar-refractivity contribution in [2.24, 2.45) is 0 Å². The molecule has 1 saturated carbocycles. The molecule has 0 unspecified atom stereocenters. The first kappa shape index (κ1) is 27.2. The molecule has 0 atom stereocenters. The van der Waals surface area contributed by atoms with Crippen LogP contribution < -0.4 is 5.32 Å². The van der Waals surface area contributed by atoms with Gasteiger partial charge in [0.1, 0.15) is 5.82 Å². The largest absolute Gasteiger partial charge is 0.348 e. The molecule has 37 heavy (non-hydrogen) atoms. The first-order chi connectivity index (χ1) is 18.0. The van der Waals surface area contributed by atoms with Crippen LogP contribution in [0.25, 0.3) is 5.69 Å². The van der Waals surface area contributed by atoms with Crippen LogP contribution >= 0.6 is 11.8 Å². The third kappa shape index (κ3) is 8.09. The predicted molar refractivity (Wildman–Crippen MR) is 144 cm³/mol. The second kappa shape index (κ2) is 13.7. The fraction of sp³-hybridized carbons (Fsp3) is 0.536. The monoisotopic (exact) mass is 524 g/mol. The molecule has 1 aliphatic carbocycles. The number of aryl methyl sites for hydroxylation is 2. The number of amides is 1. The van der Waals surface area contributed by atoms with Crippen molar-refractivity contribution in [2.75, 3.05) is 0 Å². The number of aromatic nitrogens is 5. The van der Waals surface area contributed by atoms with Crippen molar-refractivity contribution in [1.82, 2.24) is 30.3 Å². The number of rotatable bonds is 6. The molecule has 4 rings (SSSR count). The molecule has 0 radical (unpaired) electrons. The first-order valence-corrected chi connectivity index (χ1v) is 14.4. The summed E-state index contributed by atoms with van der Waals surface area (Å²) in [4.78, 5) is 22.5. The first-order valence-electron chi connectivity index (χ1n) is 13.5. The summed E-state index contributed by atoms with van der Waals surface area (Å²) in [6.45, 7) is 3.87. The van der Waals surface area contributed by atoms with Crippen LogP contribution in [-0.2, 0) is 5.75 Å². The number of nitrogens with one attached hydrogen (secondary N) is 1. The summed E-state index contributed by atoms with van der Waals surface area (Å²) in [7, 11) is 0. The quantitative estimate of drug-likeness (QED) is 0.292. The fourth-order valence-electron chi connectivity index (χ4n) is 4.85. The molecular weight excluding hydrogens is 487 g/mol. The van der Waals surface area contributed by atoms with Gasteiger partial charge in [0.15, 0.2) is 10.9 Å². The van der Waals surface area contributed by atoms with Crippen LogP contribution in [0.5, 0.6) is 0 Å². The summed E-state index contributed by atoms with van der Waals surface area (Å²) >= 11 is 1.43. The second-order valence-electron chi connectivity index (χ2n) is 9.92. The van der Waals surface area contributed by atoms with Crippen LogP contribution in [-0.4, -0.2) is 36.9 Å². The van der Waals surface area contributed by atoms with E-state index in [1.165, 1.54) is 68.8 Å². The van der Waals surface area contributed by atoms with Crippen molar-refractivity contribution < 1.29 is 9.18 Å². The summed E-state index contributed by atoms with van der Waals surface area (Å²) in [5.74, 6) is -0.132. The Kier molecular flexibility index (Phi) is 10.0. The minimum absolute atomic E-state index is 0.131. The van der Waals surface area contributed by atoms with Crippen molar-refractivity contribution in [3.8, 4) is 5.69 Å². The average molecular weight is 525 g/mol. The number of halogens is 1. The Labute approximate surface area is 223 Å². The SMILES string of the molecule is Cc1cc(C)nc(SCc2c(C(=O)NC3CCCCCCCCCCC3)nnn2-c2ccc(F)cc2)n1. The zero-order valence-electron chi connectivity index (χ0n) is 21.9. The van der Waals surface area contributed by atoms with Gasteiger partial charge in [0.05, 0.1) is 11.4 Å². The van der Waals surface area contributed by atoms with Crippen molar-refractivity contribution >= 4 is 17.7 Å². The molecular formula is C28H37FN6OS. The Morgan fingerprint density at radius 3 is 2.11 bits per heavy atom. The molecule has 3 aromatic rings. The third-order valence-electron chi connectivity index (χ3n) is 6.79. The van der Waals surface area contributed by atoms with Crippen molar-refractivity contribution in [3.63, 3.8) is 0 Å². The van der Waals surface area contributed by atoms with E-state index in [0.29, 0.717) is 28.0 Å². The fourth-order valence-corrected chi connectivity index (χ4v) is 5.79. The Morgan fingerprint density at radius 2 is 1.51 bits per heavy atom. The second-order valence-corrected chi connectivity index (χ2v) is 10.9. The normalized spacial score (nSPS) is 16.1. The van der Waals surface area contributed by atoms with Gasteiger partial charge in [-0.1, -0.05) is 74.8 Å². The smallest absolute Gasteiger partial charge is 0.274 e. The molecule has 198 valence electrons. The highest BCUT2D eigenvalue weighted by Crippen LogP contribution is 2.24. The maximum Gasteiger partial charge on any atom is 0.274 e.